The summed E-state index contributed by atoms with van der Waals surface area (Å²) in [6, 6.07) is 4.43. The third-order valence-electron chi connectivity index (χ3n) is 6.76. The van der Waals surface area contributed by atoms with Gasteiger partial charge >= 0.3 is 6.09 Å². The van der Waals surface area contributed by atoms with Crippen LogP contribution in [0.15, 0.2) is 18.5 Å². The number of carbonyl (C=O) groups excluding carboxylic acids is 1. The summed E-state index contributed by atoms with van der Waals surface area (Å²) in [6.07, 6.45) is 3.25. The number of aromatic nitrogens is 2. The molecule has 0 radical (unpaired) electrons. The fourth-order valence-electron chi connectivity index (χ4n) is 5.01. The molecule has 1 N–H and O–H groups in total. The number of fused-ring (bicyclic) bond motifs is 2. The first-order valence-corrected chi connectivity index (χ1v) is 13.6. The molecule has 0 aliphatic carbocycles. The SMILES string of the molecule is Cc1cc(C2CCN(C(=O)OC(C)(C)C)CC2)cc2c1OCc1c(ncnc1N1CCSCC1)N2. The number of benzene rings is 1. The molecule has 3 aliphatic heterocycles. The topological polar surface area (TPSA) is 79.8 Å². The van der Waals surface area contributed by atoms with Crippen molar-refractivity contribution in [3.63, 3.8) is 0 Å². The Morgan fingerprint density at radius 3 is 2.60 bits per heavy atom. The van der Waals surface area contributed by atoms with E-state index >= 15 is 0 Å². The second kappa shape index (κ2) is 9.76. The minimum atomic E-state index is -0.472. The fourth-order valence-corrected chi connectivity index (χ4v) is 5.91. The maximum absolute atomic E-state index is 12.5. The molecule has 188 valence electrons. The molecule has 1 amide bonds. The minimum absolute atomic E-state index is 0.219. The first-order chi connectivity index (χ1) is 16.8. The molecule has 4 heterocycles. The van der Waals surface area contributed by atoms with E-state index in [1.165, 1.54) is 5.56 Å². The van der Waals surface area contributed by atoms with Crippen LogP contribution in [0.3, 0.4) is 0 Å². The average Bonchev–Trinajstić information content (AvgIpc) is 3.03. The predicted octanol–water partition coefficient (Wildman–Crippen LogP) is 5.09. The molecule has 0 unspecified atom stereocenters. The summed E-state index contributed by atoms with van der Waals surface area (Å²) >= 11 is 1.98. The van der Waals surface area contributed by atoms with E-state index in [-0.39, 0.29) is 6.09 Å². The lowest BCUT2D eigenvalue weighted by Crippen LogP contribution is -2.41. The van der Waals surface area contributed by atoms with E-state index in [2.05, 4.69) is 39.2 Å². The maximum atomic E-state index is 12.5. The van der Waals surface area contributed by atoms with Crippen LogP contribution in [0.1, 0.15) is 56.2 Å². The van der Waals surface area contributed by atoms with E-state index in [0.717, 1.165) is 71.6 Å². The molecular weight excluding hydrogens is 462 g/mol. The molecule has 0 atom stereocenters. The predicted molar refractivity (Wildman–Crippen MR) is 140 cm³/mol. The van der Waals surface area contributed by atoms with E-state index in [1.54, 1.807) is 6.33 Å². The normalized spacial score (nSPS) is 18.6. The lowest BCUT2D eigenvalue weighted by molar-refractivity contribution is 0.0205. The second-order valence-electron chi connectivity index (χ2n) is 10.5. The van der Waals surface area contributed by atoms with E-state index in [4.69, 9.17) is 9.47 Å². The van der Waals surface area contributed by atoms with Crippen molar-refractivity contribution in [3.05, 3.63) is 35.2 Å². The van der Waals surface area contributed by atoms with E-state index in [0.29, 0.717) is 25.6 Å². The molecule has 35 heavy (non-hydrogen) atoms. The number of hydrogen-bond acceptors (Lipinski definition) is 8. The fraction of sp³-hybridized carbons (Fsp3) is 0.577. The smallest absolute Gasteiger partial charge is 0.410 e. The highest BCUT2D eigenvalue weighted by atomic mass is 32.2. The molecule has 3 aliphatic rings. The number of hydrogen-bond donors (Lipinski definition) is 1. The van der Waals surface area contributed by atoms with Crippen molar-refractivity contribution >= 4 is 35.2 Å². The highest BCUT2D eigenvalue weighted by Gasteiger charge is 2.29. The van der Waals surface area contributed by atoms with Crippen molar-refractivity contribution in [1.29, 1.82) is 0 Å². The Bertz CT molecular complexity index is 1090. The molecule has 0 spiro atoms. The highest BCUT2D eigenvalue weighted by Crippen LogP contribution is 2.41. The van der Waals surface area contributed by atoms with Crippen molar-refractivity contribution in [2.24, 2.45) is 0 Å². The first kappa shape index (κ1) is 24.0. The summed E-state index contributed by atoms with van der Waals surface area (Å²) in [5.74, 6) is 5.28. The molecule has 1 aromatic carbocycles. The summed E-state index contributed by atoms with van der Waals surface area (Å²) in [7, 11) is 0. The van der Waals surface area contributed by atoms with Crippen LogP contribution in [0.5, 0.6) is 5.75 Å². The van der Waals surface area contributed by atoms with Crippen LogP contribution < -0.4 is 15.0 Å². The van der Waals surface area contributed by atoms with Gasteiger partial charge in [-0.25, -0.2) is 14.8 Å². The number of likely N-dealkylation sites (tertiary alicyclic amines) is 1. The second-order valence-corrected chi connectivity index (χ2v) is 11.7. The zero-order valence-electron chi connectivity index (χ0n) is 21.1. The summed E-state index contributed by atoms with van der Waals surface area (Å²) in [5, 5.41) is 3.56. The van der Waals surface area contributed by atoms with Crippen LogP contribution >= 0.6 is 11.8 Å². The molecule has 9 heteroatoms. The third-order valence-corrected chi connectivity index (χ3v) is 7.70. The Morgan fingerprint density at radius 1 is 1.14 bits per heavy atom. The highest BCUT2D eigenvalue weighted by molar-refractivity contribution is 7.99. The zero-order chi connectivity index (χ0) is 24.6. The molecular formula is C26H35N5O3S. The zero-order valence-corrected chi connectivity index (χ0v) is 21.9. The number of rotatable bonds is 2. The average molecular weight is 498 g/mol. The van der Waals surface area contributed by atoms with Crippen molar-refractivity contribution in [3.8, 4) is 5.75 Å². The number of carbonyl (C=O) groups is 1. The lowest BCUT2D eigenvalue weighted by atomic mass is 9.88. The van der Waals surface area contributed by atoms with Gasteiger partial charge in [-0.2, -0.15) is 11.8 Å². The van der Waals surface area contributed by atoms with Gasteiger partial charge in [0, 0.05) is 37.7 Å². The number of nitrogens with zero attached hydrogens (tertiary/aromatic N) is 4. The Kier molecular flexibility index (Phi) is 6.70. The van der Waals surface area contributed by atoms with Gasteiger partial charge in [0.2, 0.25) is 0 Å². The van der Waals surface area contributed by atoms with Crippen LogP contribution in [0.2, 0.25) is 0 Å². The molecule has 1 aromatic heterocycles. The van der Waals surface area contributed by atoms with Gasteiger partial charge in [0.25, 0.3) is 0 Å². The summed E-state index contributed by atoms with van der Waals surface area (Å²) in [5.41, 5.74) is 3.87. The quantitative estimate of drug-likeness (QED) is 0.615. The van der Waals surface area contributed by atoms with E-state index in [1.807, 2.05) is 37.4 Å². The van der Waals surface area contributed by atoms with Crippen LogP contribution in [0, 0.1) is 6.92 Å². The molecule has 0 saturated carbocycles. The molecule has 2 aromatic rings. The number of thioether (sulfide) groups is 1. The first-order valence-electron chi connectivity index (χ1n) is 12.5. The van der Waals surface area contributed by atoms with E-state index in [9.17, 15) is 4.79 Å². The number of ether oxygens (including phenoxy) is 2. The lowest BCUT2D eigenvalue weighted by Gasteiger charge is -2.34. The van der Waals surface area contributed by atoms with Crippen molar-refractivity contribution in [1.82, 2.24) is 14.9 Å². The van der Waals surface area contributed by atoms with Gasteiger partial charge in [-0.3, -0.25) is 0 Å². The largest absolute Gasteiger partial charge is 0.486 e. The number of piperidine rings is 1. The molecule has 2 saturated heterocycles. The number of amides is 1. The monoisotopic (exact) mass is 497 g/mol. The Morgan fingerprint density at radius 2 is 1.89 bits per heavy atom. The van der Waals surface area contributed by atoms with Crippen LogP contribution in [0.25, 0.3) is 0 Å². The number of nitrogens with one attached hydrogen (secondary N) is 1. The minimum Gasteiger partial charge on any atom is -0.486 e. The maximum Gasteiger partial charge on any atom is 0.410 e. The Hall–Kier alpha value is -2.68. The van der Waals surface area contributed by atoms with Crippen molar-refractivity contribution < 1.29 is 14.3 Å². The molecule has 5 rings (SSSR count). The summed E-state index contributed by atoms with van der Waals surface area (Å²) in [6.45, 7) is 11.7. The van der Waals surface area contributed by atoms with Gasteiger partial charge in [0.15, 0.2) is 0 Å². The van der Waals surface area contributed by atoms with Gasteiger partial charge in [-0.1, -0.05) is 6.07 Å². The molecule has 8 nitrogen and oxygen atoms in total. The Labute approximate surface area is 211 Å². The summed E-state index contributed by atoms with van der Waals surface area (Å²) < 4.78 is 11.9. The Balaban J connectivity index is 1.34. The van der Waals surface area contributed by atoms with Crippen LogP contribution in [-0.4, -0.2) is 64.2 Å². The van der Waals surface area contributed by atoms with Crippen LogP contribution in [0.4, 0.5) is 22.1 Å². The third kappa shape index (κ3) is 5.29. The summed E-state index contributed by atoms with van der Waals surface area (Å²) in [4.78, 5) is 25.8. The number of anilines is 3. The van der Waals surface area contributed by atoms with Crippen LogP contribution in [-0.2, 0) is 11.3 Å². The van der Waals surface area contributed by atoms with Gasteiger partial charge < -0.3 is 24.6 Å². The van der Waals surface area contributed by atoms with Crippen molar-refractivity contribution in [2.45, 2.75) is 58.7 Å². The van der Waals surface area contributed by atoms with Crippen molar-refractivity contribution in [2.75, 3.05) is 47.9 Å². The molecule has 2 fully saturated rings. The van der Waals surface area contributed by atoms with Gasteiger partial charge in [0.05, 0.1) is 11.3 Å². The van der Waals surface area contributed by atoms with Gasteiger partial charge in [-0.15, -0.1) is 0 Å². The van der Waals surface area contributed by atoms with Gasteiger partial charge in [-0.05, 0) is 63.6 Å². The van der Waals surface area contributed by atoms with E-state index < -0.39 is 5.60 Å². The molecule has 0 bridgehead atoms. The van der Waals surface area contributed by atoms with Gasteiger partial charge in [0.1, 0.15) is 35.9 Å². The standard InChI is InChI=1S/C26H35N5O3S/c1-17-13-19(18-5-7-31(8-6-18)25(32)34-26(2,3)4)14-21-22(17)33-15-20-23(29-21)27-16-28-24(20)30-9-11-35-12-10-30/h13-14,16,18H,5-12,15H2,1-4H3,(H,27,28,29). The number of aryl methyl sites for hydroxylation is 1.